The first-order valence-electron chi connectivity index (χ1n) is 7.49. The van der Waals surface area contributed by atoms with Crippen LogP contribution in [-0.4, -0.2) is 22.0 Å². The lowest BCUT2D eigenvalue weighted by atomic mass is 10.2. The lowest BCUT2D eigenvalue weighted by molar-refractivity contribution is 0.102. The summed E-state index contributed by atoms with van der Waals surface area (Å²) in [6.45, 7) is 1.67. The molecule has 3 N–H and O–H groups in total. The van der Waals surface area contributed by atoms with E-state index in [9.17, 15) is 9.59 Å². The van der Waals surface area contributed by atoms with Gasteiger partial charge >= 0.3 is 5.69 Å². The minimum Gasteiger partial charge on any atom is -0.490 e. The Morgan fingerprint density at radius 2 is 2.05 bits per heavy atom. The number of aromatic amines is 2. The molecule has 1 saturated carbocycles. The fourth-order valence-electron chi connectivity index (χ4n) is 2.74. The summed E-state index contributed by atoms with van der Waals surface area (Å²) in [6, 6.07) is 7.32. The van der Waals surface area contributed by atoms with Gasteiger partial charge in [-0.2, -0.15) is 0 Å². The number of imidazole rings is 1. The van der Waals surface area contributed by atoms with Crippen LogP contribution in [0.15, 0.2) is 29.1 Å². The molecule has 1 aromatic carbocycles. The Morgan fingerprint density at radius 1 is 1.27 bits per heavy atom. The van der Waals surface area contributed by atoms with Crippen molar-refractivity contribution in [1.82, 2.24) is 9.97 Å². The zero-order chi connectivity index (χ0) is 15.5. The largest absolute Gasteiger partial charge is 0.490 e. The number of benzene rings is 1. The number of anilines is 1. The zero-order valence-corrected chi connectivity index (χ0v) is 12.4. The molecule has 3 rings (SSSR count). The number of ether oxygens (including phenoxy) is 1. The van der Waals surface area contributed by atoms with Crippen molar-refractivity contribution in [3.63, 3.8) is 0 Å². The highest BCUT2D eigenvalue weighted by molar-refractivity contribution is 6.03. The SMILES string of the molecule is Cc1[nH]c(=O)[nH]c1C(=O)Nc1cccc(OC2CCCC2)c1. The van der Waals surface area contributed by atoms with E-state index in [0.29, 0.717) is 11.4 Å². The van der Waals surface area contributed by atoms with Crippen LogP contribution in [0.2, 0.25) is 0 Å². The molecule has 1 aliphatic carbocycles. The number of aromatic nitrogens is 2. The number of H-pyrrole nitrogens is 2. The van der Waals surface area contributed by atoms with Crippen molar-refractivity contribution in [3.05, 3.63) is 46.1 Å². The van der Waals surface area contributed by atoms with Gasteiger partial charge in [-0.05, 0) is 44.7 Å². The molecule has 1 fully saturated rings. The second-order valence-electron chi connectivity index (χ2n) is 5.59. The maximum Gasteiger partial charge on any atom is 0.323 e. The first-order valence-corrected chi connectivity index (χ1v) is 7.49. The predicted octanol–water partition coefficient (Wildman–Crippen LogP) is 2.59. The molecule has 0 saturated heterocycles. The zero-order valence-electron chi connectivity index (χ0n) is 12.4. The number of hydrogen-bond donors (Lipinski definition) is 3. The average molecular weight is 301 g/mol. The molecular formula is C16H19N3O3. The Morgan fingerprint density at radius 3 is 2.73 bits per heavy atom. The van der Waals surface area contributed by atoms with E-state index in [1.54, 1.807) is 19.1 Å². The maximum atomic E-state index is 12.2. The molecule has 6 heteroatoms. The van der Waals surface area contributed by atoms with Crippen LogP contribution in [0, 0.1) is 6.92 Å². The van der Waals surface area contributed by atoms with Gasteiger partial charge < -0.3 is 20.0 Å². The van der Waals surface area contributed by atoms with Crippen LogP contribution in [0.1, 0.15) is 41.9 Å². The summed E-state index contributed by atoms with van der Waals surface area (Å²) in [5.41, 5.74) is 1.01. The third kappa shape index (κ3) is 3.21. The van der Waals surface area contributed by atoms with Crippen LogP contribution in [0.5, 0.6) is 5.75 Å². The molecule has 0 unspecified atom stereocenters. The third-order valence-electron chi connectivity index (χ3n) is 3.84. The normalized spacial score (nSPS) is 15.0. The molecule has 0 aliphatic heterocycles. The molecular weight excluding hydrogens is 282 g/mol. The van der Waals surface area contributed by atoms with Crippen molar-refractivity contribution in [2.75, 3.05) is 5.32 Å². The number of amides is 1. The summed E-state index contributed by atoms with van der Waals surface area (Å²) in [6.07, 6.45) is 4.86. The van der Waals surface area contributed by atoms with Gasteiger partial charge in [-0.3, -0.25) is 4.79 Å². The molecule has 116 valence electrons. The van der Waals surface area contributed by atoms with Crippen LogP contribution in [0.3, 0.4) is 0 Å². The summed E-state index contributed by atoms with van der Waals surface area (Å²) in [7, 11) is 0. The number of carbonyl (C=O) groups is 1. The summed E-state index contributed by atoms with van der Waals surface area (Å²) < 4.78 is 5.92. The van der Waals surface area contributed by atoms with Gasteiger partial charge in [-0.15, -0.1) is 0 Å². The minimum absolute atomic E-state index is 0.243. The molecule has 0 radical (unpaired) electrons. The highest BCUT2D eigenvalue weighted by atomic mass is 16.5. The van der Waals surface area contributed by atoms with E-state index in [2.05, 4.69) is 15.3 Å². The molecule has 1 heterocycles. The van der Waals surface area contributed by atoms with E-state index in [4.69, 9.17) is 4.74 Å². The lowest BCUT2D eigenvalue weighted by Gasteiger charge is -2.14. The van der Waals surface area contributed by atoms with E-state index < -0.39 is 0 Å². The van der Waals surface area contributed by atoms with E-state index >= 15 is 0 Å². The summed E-state index contributed by atoms with van der Waals surface area (Å²) >= 11 is 0. The fourth-order valence-corrected chi connectivity index (χ4v) is 2.74. The molecule has 1 amide bonds. The molecule has 0 spiro atoms. The quantitative estimate of drug-likeness (QED) is 0.811. The second-order valence-corrected chi connectivity index (χ2v) is 5.59. The smallest absolute Gasteiger partial charge is 0.323 e. The van der Waals surface area contributed by atoms with Crippen molar-refractivity contribution in [2.45, 2.75) is 38.7 Å². The van der Waals surface area contributed by atoms with Gasteiger partial charge in [0, 0.05) is 17.4 Å². The topological polar surface area (TPSA) is 87.0 Å². The number of nitrogens with one attached hydrogen (secondary N) is 3. The predicted molar refractivity (Wildman–Crippen MR) is 83.4 cm³/mol. The second kappa shape index (κ2) is 6.09. The third-order valence-corrected chi connectivity index (χ3v) is 3.84. The fraction of sp³-hybridized carbons (Fsp3) is 0.375. The number of rotatable bonds is 4. The highest BCUT2D eigenvalue weighted by Gasteiger charge is 2.17. The van der Waals surface area contributed by atoms with Crippen molar-refractivity contribution >= 4 is 11.6 Å². The standard InChI is InChI=1S/C16H19N3O3/c1-10-14(19-16(21)17-10)15(20)18-11-5-4-8-13(9-11)22-12-6-2-3-7-12/h4-5,8-9,12H,2-3,6-7H2,1H3,(H,18,20)(H2,17,19,21). The minimum atomic E-state index is -0.388. The molecule has 2 aromatic rings. The monoisotopic (exact) mass is 301 g/mol. The Bertz CT molecular complexity index is 726. The van der Waals surface area contributed by atoms with Crippen molar-refractivity contribution in [1.29, 1.82) is 0 Å². The molecule has 0 bridgehead atoms. The Labute approximate surface area is 127 Å². The first kappa shape index (κ1) is 14.4. The van der Waals surface area contributed by atoms with Crippen molar-refractivity contribution < 1.29 is 9.53 Å². The summed E-state index contributed by atoms with van der Waals surface area (Å²) in [5.74, 6) is 0.401. The van der Waals surface area contributed by atoms with Gasteiger partial charge in [0.25, 0.3) is 5.91 Å². The van der Waals surface area contributed by atoms with E-state index in [0.717, 1.165) is 18.6 Å². The average Bonchev–Trinajstić information content (AvgIpc) is 3.09. The summed E-state index contributed by atoms with van der Waals surface area (Å²) in [5, 5.41) is 2.77. The van der Waals surface area contributed by atoms with E-state index in [-0.39, 0.29) is 23.4 Å². The Hall–Kier alpha value is -2.50. The van der Waals surface area contributed by atoms with E-state index in [1.165, 1.54) is 12.8 Å². The molecule has 22 heavy (non-hydrogen) atoms. The van der Waals surface area contributed by atoms with Crippen LogP contribution in [0.4, 0.5) is 5.69 Å². The van der Waals surface area contributed by atoms with Crippen LogP contribution < -0.4 is 15.7 Å². The first-order chi connectivity index (χ1) is 10.6. The van der Waals surface area contributed by atoms with Gasteiger partial charge in [0.2, 0.25) is 0 Å². The highest BCUT2D eigenvalue weighted by Crippen LogP contribution is 2.25. The van der Waals surface area contributed by atoms with Crippen LogP contribution >= 0.6 is 0 Å². The summed E-state index contributed by atoms with van der Waals surface area (Å²) in [4.78, 5) is 28.4. The van der Waals surface area contributed by atoms with Gasteiger partial charge in [-0.1, -0.05) is 6.07 Å². The molecule has 1 aliphatic rings. The molecule has 0 atom stereocenters. The molecule has 6 nitrogen and oxygen atoms in total. The lowest BCUT2D eigenvalue weighted by Crippen LogP contribution is -2.15. The molecule has 1 aromatic heterocycles. The number of carbonyl (C=O) groups excluding carboxylic acids is 1. The Kier molecular flexibility index (Phi) is 4.00. The van der Waals surface area contributed by atoms with Gasteiger partial charge in [-0.25, -0.2) is 4.79 Å². The van der Waals surface area contributed by atoms with Crippen molar-refractivity contribution in [3.8, 4) is 5.75 Å². The van der Waals surface area contributed by atoms with E-state index in [1.807, 2.05) is 12.1 Å². The van der Waals surface area contributed by atoms with Gasteiger partial charge in [0.15, 0.2) is 0 Å². The van der Waals surface area contributed by atoms with Crippen LogP contribution in [0.25, 0.3) is 0 Å². The number of aryl methyl sites for hydroxylation is 1. The van der Waals surface area contributed by atoms with Crippen molar-refractivity contribution in [2.24, 2.45) is 0 Å². The van der Waals surface area contributed by atoms with Crippen LogP contribution in [-0.2, 0) is 0 Å². The van der Waals surface area contributed by atoms with Gasteiger partial charge in [0.1, 0.15) is 11.4 Å². The maximum absolute atomic E-state index is 12.2. The Balaban J connectivity index is 1.70. The van der Waals surface area contributed by atoms with Gasteiger partial charge in [0.05, 0.1) is 6.10 Å². The number of hydrogen-bond acceptors (Lipinski definition) is 3.